The van der Waals surface area contributed by atoms with Gasteiger partial charge >= 0.3 is 99.4 Å². The van der Waals surface area contributed by atoms with Gasteiger partial charge in [-0.15, -0.1) is 0 Å². The van der Waals surface area contributed by atoms with Crippen LogP contribution in [0.1, 0.15) is 110 Å². The fraction of sp³-hybridized carbons (Fsp3) is 1.00. The molecule has 0 rings (SSSR count). The van der Waals surface area contributed by atoms with Crippen LogP contribution in [-0.2, 0) is 0 Å². The summed E-state index contributed by atoms with van der Waals surface area (Å²) >= 11 is 0. The first-order valence-electron chi connectivity index (χ1n) is 9.73. The van der Waals surface area contributed by atoms with Gasteiger partial charge in [0, 0.05) is 0 Å². The van der Waals surface area contributed by atoms with E-state index >= 15 is 0 Å². The molecule has 0 aliphatic rings. The molecule has 0 aromatic carbocycles. The first-order chi connectivity index (χ1) is 10.6. The number of unbranched alkanes of at least 4 members (excludes halogenated alkanes) is 15. The normalized spacial score (nSPS) is 12.7. The Bertz CT molecular complexity index is 217. The molecule has 22 heavy (non-hydrogen) atoms. The quantitative estimate of drug-likeness (QED) is 0.235. The molecular weight excluding hydrogens is 295 g/mol. The monoisotopic (exact) mass is 336 g/mol. The molecule has 0 bridgehead atoms. The van der Waals surface area contributed by atoms with Crippen LogP contribution in [0.15, 0.2) is 0 Å². The zero-order chi connectivity index (χ0) is 16.5. The summed E-state index contributed by atoms with van der Waals surface area (Å²) in [6.45, 7) is 2.27. The van der Waals surface area contributed by atoms with Crippen molar-refractivity contribution in [3.63, 3.8) is 0 Å². The Balaban J connectivity index is 3.00. The maximum absolute atomic E-state index is 8.88. The van der Waals surface area contributed by atoms with Crippen LogP contribution in [-0.4, -0.2) is 20.8 Å². The third-order valence-corrected chi connectivity index (χ3v) is 5.39. The molecule has 4 heteroatoms. The number of rotatable bonds is 17. The predicted molar refractivity (Wildman–Crippen MR) is 99.4 cm³/mol. The summed E-state index contributed by atoms with van der Waals surface area (Å²) in [6.07, 6.45) is 21.0. The Morgan fingerprint density at radius 1 is 0.455 bits per heavy atom. The molecule has 0 atom stereocenters. The fourth-order valence-corrected chi connectivity index (χ4v) is 3.63. The van der Waals surface area contributed by atoms with Crippen molar-refractivity contribution in [2.24, 2.45) is 0 Å². The zero-order valence-corrected chi connectivity index (χ0v) is 15.9. The van der Waals surface area contributed by atoms with E-state index in [1.165, 1.54) is 83.5 Å². The molecule has 0 fully saturated rings. The van der Waals surface area contributed by atoms with Gasteiger partial charge in [-0.2, -0.15) is 0 Å². The van der Waals surface area contributed by atoms with E-state index in [2.05, 4.69) is 6.92 Å². The molecule has 0 aromatic rings. The molecule has 0 aliphatic heterocycles. The summed E-state index contributed by atoms with van der Waals surface area (Å²) in [6, 6.07) is 0. The van der Waals surface area contributed by atoms with Gasteiger partial charge in [-0.1, -0.05) is 39.0 Å². The van der Waals surface area contributed by atoms with Crippen LogP contribution in [0.4, 0.5) is 0 Å². The molecule has 0 heterocycles. The standard InChI is InChI=1S/C18H41O3P/c1-2-3-4-5-6-7-8-9-10-11-12-13-14-15-16-17-18-22(19,20)21/h19-22H,2-18H2,1H3. The van der Waals surface area contributed by atoms with Crippen molar-refractivity contribution in [1.82, 2.24) is 0 Å². The molecular formula is C18H41O3P. The van der Waals surface area contributed by atoms with E-state index in [9.17, 15) is 0 Å². The van der Waals surface area contributed by atoms with Gasteiger partial charge in [-0.25, -0.2) is 0 Å². The average molecular weight is 336 g/mol. The molecule has 0 saturated carbocycles. The van der Waals surface area contributed by atoms with Gasteiger partial charge in [0.05, 0.1) is 0 Å². The second kappa shape index (κ2) is 16.2. The Morgan fingerprint density at radius 2 is 0.727 bits per heavy atom. The van der Waals surface area contributed by atoms with Crippen LogP contribution in [0.3, 0.4) is 0 Å². The second-order valence-electron chi connectivity index (χ2n) is 6.83. The molecule has 136 valence electrons. The summed E-state index contributed by atoms with van der Waals surface area (Å²) in [7, 11) is -3.76. The average Bonchev–Trinajstić information content (AvgIpc) is 2.45. The van der Waals surface area contributed by atoms with Gasteiger partial charge in [0.2, 0.25) is 0 Å². The molecule has 0 radical (unpaired) electrons. The second-order valence-corrected chi connectivity index (χ2v) is 8.88. The van der Waals surface area contributed by atoms with Gasteiger partial charge in [0.15, 0.2) is 0 Å². The summed E-state index contributed by atoms with van der Waals surface area (Å²) in [4.78, 5) is 26.6. The van der Waals surface area contributed by atoms with Crippen LogP contribution >= 0.6 is 7.94 Å². The summed E-state index contributed by atoms with van der Waals surface area (Å²) in [5, 5.41) is 0. The first kappa shape index (κ1) is 22.3. The summed E-state index contributed by atoms with van der Waals surface area (Å²) in [5.41, 5.74) is 0. The molecule has 0 amide bonds. The van der Waals surface area contributed by atoms with Gasteiger partial charge in [0.1, 0.15) is 0 Å². The first-order valence-corrected chi connectivity index (χ1v) is 11.8. The summed E-state index contributed by atoms with van der Waals surface area (Å²) < 4.78 is 0. The van der Waals surface area contributed by atoms with Crippen LogP contribution in [0.5, 0.6) is 0 Å². The van der Waals surface area contributed by atoms with Crippen molar-refractivity contribution < 1.29 is 14.7 Å². The van der Waals surface area contributed by atoms with E-state index in [1.807, 2.05) is 0 Å². The predicted octanol–water partition coefficient (Wildman–Crippen LogP) is 5.72. The van der Waals surface area contributed by atoms with Gasteiger partial charge in [-0.3, -0.25) is 0 Å². The molecule has 0 spiro atoms. The molecule has 3 nitrogen and oxygen atoms in total. The van der Waals surface area contributed by atoms with E-state index in [1.54, 1.807) is 0 Å². The van der Waals surface area contributed by atoms with Crippen molar-refractivity contribution in [2.75, 3.05) is 6.16 Å². The molecule has 0 aliphatic carbocycles. The van der Waals surface area contributed by atoms with Gasteiger partial charge in [0.25, 0.3) is 0 Å². The molecule has 0 saturated heterocycles. The Morgan fingerprint density at radius 3 is 1.00 bits per heavy atom. The van der Waals surface area contributed by atoms with E-state index in [-0.39, 0.29) is 6.16 Å². The molecule has 0 aromatic heterocycles. The van der Waals surface area contributed by atoms with Crippen molar-refractivity contribution >= 4 is 7.94 Å². The molecule has 3 N–H and O–H groups in total. The summed E-state index contributed by atoms with van der Waals surface area (Å²) in [5.74, 6) is 0. The minimum absolute atomic E-state index is 0.200. The topological polar surface area (TPSA) is 60.7 Å². The minimum atomic E-state index is -3.76. The third-order valence-electron chi connectivity index (χ3n) is 4.37. The van der Waals surface area contributed by atoms with E-state index < -0.39 is 7.94 Å². The number of hydrogen-bond donors (Lipinski definition) is 3. The van der Waals surface area contributed by atoms with Gasteiger partial charge < -0.3 is 0 Å². The van der Waals surface area contributed by atoms with Crippen molar-refractivity contribution in [3.8, 4) is 0 Å². The van der Waals surface area contributed by atoms with Crippen LogP contribution in [0, 0.1) is 0 Å². The Hall–Kier alpha value is 0.310. The Kier molecular flexibility index (Phi) is 16.4. The number of hydrogen-bond acceptors (Lipinski definition) is 3. The third kappa shape index (κ3) is 20.3. The fourth-order valence-electron chi connectivity index (χ4n) is 2.91. The van der Waals surface area contributed by atoms with Crippen LogP contribution < -0.4 is 0 Å². The van der Waals surface area contributed by atoms with E-state index in [0.29, 0.717) is 0 Å². The van der Waals surface area contributed by atoms with Crippen molar-refractivity contribution in [2.45, 2.75) is 110 Å². The van der Waals surface area contributed by atoms with Crippen molar-refractivity contribution in [3.05, 3.63) is 0 Å². The van der Waals surface area contributed by atoms with E-state index in [4.69, 9.17) is 14.7 Å². The zero-order valence-electron chi connectivity index (χ0n) is 14.9. The molecule has 0 unspecified atom stereocenters. The van der Waals surface area contributed by atoms with Crippen molar-refractivity contribution in [1.29, 1.82) is 0 Å². The van der Waals surface area contributed by atoms with Crippen LogP contribution in [0.25, 0.3) is 0 Å². The maximum atomic E-state index is 8.88. The Labute approximate surface area is 139 Å². The van der Waals surface area contributed by atoms with Crippen LogP contribution in [0.2, 0.25) is 0 Å². The SMILES string of the molecule is CCCCCCCCCCCCCCCCCC[PH](O)(O)O. The van der Waals surface area contributed by atoms with Gasteiger partial charge in [-0.05, 0) is 0 Å². The van der Waals surface area contributed by atoms with E-state index in [0.717, 1.165) is 19.3 Å².